The van der Waals surface area contributed by atoms with Crippen LogP contribution in [0.5, 0.6) is 0 Å². The van der Waals surface area contributed by atoms with Crippen LogP contribution in [0.25, 0.3) is 0 Å². The Balaban J connectivity index is 1.70. The molecule has 2 heterocycles. The number of hydrogen-bond acceptors (Lipinski definition) is 3. The van der Waals surface area contributed by atoms with Gasteiger partial charge in [0.1, 0.15) is 5.82 Å². The second-order valence-corrected chi connectivity index (χ2v) is 6.64. The molecule has 26 heavy (non-hydrogen) atoms. The Hall–Kier alpha value is -3.10. The summed E-state index contributed by atoms with van der Waals surface area (Å²) in [6.45, 7) is 0.482. The molecular formula is C20H15ClN4O. The molecule has 1 aromatic heterocycles. The van der Waals surface area contributed by atoms with Gasteiger partial charge in [-0.15, -0.1) is 0 Å². The highest BCUT2D eigenvalue weighted by Gasteiger charge is 2.30. The van der Waals surface area contributed by atoms with E-state index in [2.05, 4.69) is 16.5 Å². The topological polar surface area (TPSA) is 70.7 Å². The van der Waals surface area contributed by atoms with Gasteiger partial charge in [-0.2, -0.15) is 10.4 Å². The van der Waals surface area contributed by atoms with Crippen LogP contribution in [0, 0.1) is 11.3 Å². The highest BCUT2D eigenvalue weighted by atomic mass is 35.5. The lowest BCUT2D eigenvalue weighted by Gasteiger charge is -2.24. The summed E-state index contributed by atoms with van der Waals surface area (Å²) in [5.74, 6) is 0.579. The number of nitrogens with zero attached hydrogens (tertiary/aromatic N) is 3. The van der Waals surface area contributed by atoms with E-state index in [9.17, 15) is 4.79 Å². The van der Waals surface area contributed by atoms with Crippen LogP contribution in [-0.2, 0) is 11.3 Å². The van der Waals surface area contributed by atoms with Crippen LogP contribution in [0.15, 0.2) is 54.7 Å². The van der Waals surface area contributed by atoms with E-state index in [0.29, 0.717) is 29.4 Å². The summed E-state index contributed by atoms with van der Waals surface area (Å²) >= 11 is 6.25. The molecule has 0 saturated heterocycles. The molecule has 1 amide bonds. The first-order valence-corrected chi connectivity index (χ1v) is 8.62. The van der Waals surface area contributed by atoms with Crippen molar-refractivity contribution in [1.82, 2.24) is 9.78 Å². The molecular weight excluding hydrogens is 348 g/mol. The van der Waals surface area contributed by atoms with E-state index in [1.165, 1.54) is 0 Å². The first-order valence-electron chi connectivity index (χ1n) is 8.24. The highest BCUT2D eigenvalue weighted by Crippen LogP contribution is 2.37. The van der Waals surface area contributed by atoms with Crippen molar-refractivity contribution >= 4 is 23.3 Å². The number of benzene rings is 2. The third-order valence-electron chi connectivity index (χ3n) is 4.61. The number of amides is 1. The molecule has 3 aromatic rings. The van der Waals surface area contributed by atoms with Gasteiger partial charge in [-0.05, 0) is 29.3 Å². The van der Waals surface area contributed by atoms with Crippen molar-refractivity contribution in [1.29, 1.82) is 5.26 Å². The number of fused-ring (bicyclic) bond motifs is 1. The van der Waals surface area contributed by atoms with Gasteiger partial charge in [0.05, 0.1) is 24.4 Å². The van der Waals surface area contributed by atoms with Gasteiger partial charge in [0.25, 0.3) is 0 Å². The van der Waals surface area contributed by atoms with Crippen molar-refractivity contribution < 1.29 is 4.79 Å². The zero-order valence-electron chi connectivity index (χ0n) is 13.8. The third-order valence-corrected chi connectivity index (χ3v) is 4.98. The van der Waals surface area contributed by atoms with Crippen molar-refractivity contribution in [3.8, 4) is 6.07 Å². The number of rotatable bonds is 3. The number of aromatic nitrogens is 2. The standard InChI is InChI=1S/C20H15ClN4O/c21-18-4-2-1-3-15(18)12-25-20-17(11-23-25)16(9-19(26)24-20)14-7-5-13(10-22)6-8-14/h1-8,11,16H,9,12H2,(H,24,26)/t16-/m0/s1. The predicted molar refractivity (Wildman–Crippen MR) is 99.0 cm³/mol. The Morgan fingerprint density at radius 1 is 1.23 bits per heavy atom. The van der Waals surface area contributed by atoms with Crippen molar-refractivity contribution in [3.05, 3.63) is 82.0 Å². The van der Waals surface area contributed by atoms with Crippen LogP contribution < -0.4 is 5.32 Å². The summed E-state index contributed by atoms with van der Waals surface area (Å²) in [4.78, 5) is 12.3. The summed E-state index contributed by atoms with van der Waals surface area (Å²) in [7, 11) is 0. The molecule has 0 unspecified atom stereocenters. The third kappa shape index (κ3) is 2.96. The lowest BCUT2D eigenvalue weighted by molar-refractivity contribution is -0.116. The van der Waals surface area contributed by atoms with Crippen LogP contribution >= 0.6 is 11.6 Å². The quantitative estimate of drug-likeness (QED) is 0.767. The number of anilines is 1. The van der Waals surface area contributed by atoms with Crippen LogP contribution in [0.1, 0.15) is 34.6 Å². The number of halogens is 1. The van der Waals surface area contributed by atoms with Crippen LogP contribution in [0.2, 0.25) is 5.02 Å². The molecule has 1 atom stereocenters. The fourth-order valence-corrected chi connectivity index (χ4v) is 3.46. The average Bonchev–Trinajstić information content (AvgIpc) is 3.05. The normalized spacial score (nSPS) is 15.8. The number of carbonyl (C=O) groups is 1. The van der Waals surface area contributed by atoms with E-state index >= 15 is 0 Å². The maximum absolute atomic E-state index is 12.3. The first-order chi connectivity index (χ1) is 12.7. The number of hydrogen-bond donors (Lipinski definition) is 1. The fourth-order valence-electron chi connectivity index (χ4n) is 3.27. The largest absolute Gasteiger partial charge is 0.311 e. The summed E-state index contributed by atoms with van der Waals surface area (Å²) in [6, 6.07) is 17.0. The molecule has 0 saturated carbocycles. The van der Waals surface area contributed by atoms with Gasteiger partial charge in [0.2, 0.25) is 5.91 Å². The Morgan fingerprint density at radius 3 is 2.73 bits per heavy atom. The lowest BCUT2D eigenvalue weighted by Crippen LogP contribution is -2.25. The molecule has 2 aromatic carbocycles. The summed E-state index contributed by atoms with van der Waals surface area (Å²) < 4.78 is 1.77. The highest BCUT2D eigenvalue weighted by molar-refractivity contribution is 6.31. The molecule has 1 aliphatic heterocycles. The minimum atomic E-state index is -0.0773. The van der Waals surface area contributed by atoms with Gasteiger partial charge in [-0.1, -0.05) is 41.9 Å². The maximum Gasteiger partial charge on any atom is 0.226 e. The molecule has 0 fully saturated rings. The minimum absolute atomic E-state index is 0.0484. The van der Waals surface area contributed by atoms with Crippen LogP contribution in [0.4, 0.5) is 5.82 Å². The zero-order valence-corrected chi connectivity index (χ0v) is 14.6. The van der Waals surface area contributed by atoms with Crippen molar-refractivity contribution in [2.45, 2.75) is 18.9 Å². The van der Waals surface area contributed by atoms with Gasteiger partial charge in [0, 0.05) is 22.9 Å². The Labute approximate surface area is 155 Å². The predicted octanol–water partition coefficient (Wildman–Crippen LogP) is 3.93. The van der Waals surface area contributed by atoms with Gasteiger partial charge in [-0.3, -0.25) is 4.79 Å². The number of carbonyl (C=O) groups excluding carboxylic acids is 1. The van der Waals surface area contributed by atoms with Crippen LogP contribution in [0.3, 0.4) is 0 Å². The number of nitrogens with one attached hydrogen (secondary N) is 1. The van der Waals surface area contributed by atoms with Gasteiger partial charge in [-0.25, -0.2) is 4.68 Å². The monoisotopic (exact) mass is 362 g/mol. The summed E-state index contributed by atoms with van der Waals surface area (Å²) in [6.07, 6.45) is 2.16. The van der Waals surface area contributed by atoms with E-state index in [1.54, 1.807) is 23.0 Å². The number of nitriles is 1. The summed E-state index contributed by atoms with van der Waals surface area (Å²) in [5, 5.41) is 17.0. The minimum Gasteiger partial charge on any atom is -0.311 e. The van der Waals surface area contributed by atoms with Crippen molar-refractivity contribution in [2.75, 3.05) is 5.32 Å². The van der Waals surface area contributed by atoms with E-state index in [1.807, 2.05) is 36.4 Å². The molecule has 4 rings (SSSR count). The summed E-state index contributed by atoms with van der Waals surface area (Å²) in [5.41, 5.74) is 3.51. The molecule has 5 nitrogen and oxygen atoms in total. The second-order valence-electron chi connectivity index (χ2n) is 6.24. The SMILES string of the molecule is N#Cc1ccc([C@@H]2CC(=O)Nc3c2cnn3Cc2ccccc2Cl)cc1. The van der Waals surface area contributed by atoms with E-state index < -0.39 is 0 Å². The Kier molecular flexibility index (Phi) is 4.19. The molecule has 128 valence electrons. The van der Waals surface area contributed by atoms with Gasteiger partial charge in [0.15, 0.2) is 0 Å². The molecule has 1 N–H and O–H groups in total. The molecule has 0 spiro atoms. The second kappa shape index (κ2) is 6.66. The average molecular weight is 363 g/mol. The molecule has 0 bridgehead atoms. The van der Waals surface area contributed by atoms with E-state index in [4.69, 9.17) is 16.9 Å². The maximum atomic E-state index is 12.3. The smallest absolute Gasteiger partial charge is 0.226 e. The molecule has 1 aliphatic rings. The van der Waals surface area contributed by atoms with Crippen LogP contribution in [-0.4, -0.2) is 15.7 Å². The fraction of sp³-hybridized carbons (Fsp3) is 0.150. The van der Waals surface area contributed by atoms with Gasteiger partial charge >= 0.3 is 0 Å². The van der Waals surface area contributed by atoms with Gasteiger partial charge < -0.3 is 5.32 Å². The zero-order chi connectivity index (χ0) is 18.1. The molecule has 6 heteroatoms. The Morgan fingerprint density at radius 2 is 2.00 bits per heavy atom. The first kappa shape index (κ1) is 16.4. The Bertz CT molecular complexity index is 1020. The van der Waals surface area contributed by atoms with E-state index in [-0.39, 0.29) is 11.8 Å². The van der Waals surface area contributed by atoms with Crippen molar-refractivity contribution in [3.63, 3.8) is 0 Å². The molecule has 0 radical (unpaired) electrons. The molecule has 0 aliphatic carbocycles. The van der Waals surface area contributed by atoms with E-state index in [0.717, 1.165) is 16.7 Å². The lowest BCUT2D eigenvalue weighted by atomic mass is 9.87. The van der Waals surface area contributed by atoms with Crippen molar-refractivity contribution in [2.24, 2.45) is 0 Å².